The van der Waals surface area contributed by atoms with Crippen molar-refractivity contribution in [1.29, 1.82) is 0 Å². The normalized spacial score (nSPS) is 19.5. The van der Waals surface area contributed by atoms with E-state index in [0.717, 1.165) is 33.7 Å². The number of rotatable bonds is 9. The van der Waals surface area contributed by atoms with Gasteiger partial charge in [0.1, 0.15) is 16.6 Å². The Morgan fingerprint density at radius 1 is 1.18 bits per heavy atom. The smallest absolute Gasteiger partial charge is 0.233 e. The van der Waals surface area contributed by atoms with Gasteiger partial charge in [0.15, 0.2) is 0 Å². The van der Waals surface area contributed by atoms with Crippen LogP contribution in [-0.4, -0.2) is 45.3 Å². The molecule has 3 aromatic rings. The molecular weight excluding hydrogens is 466 g/mol. The maximum atomic E-state index is 12.2. The lowest BCUT2D eigenvalue weighted by Gasteiger charge is -2.23. The van der Waals surface area contributed by atoms with Crippen molar-refractivity contribution in [3.8, 4) is 10.6 Å². The highest BCUT2D eigenvalue weighted by atomic mass is 32.2. The lowest BCUT2D eigenvalue weighted by Crippen LogP contribution is -2.34. The second-order valence-corrected chi connectivity index (χ2v) is 12.8. The molecule has 1 aromatic carbocycles. The van der Waals surface area contributed by atoms with Crippen LogP contribution in [0.3, 0.4) is 0 Å². The Morgan fingerprint density at radius 3 is 2.44 bits per heavy atom. The Kier molecular flexibility index (Phi) is 6.72. The summed E-state index contributed by atoms with van der Waals surface area (Å²) in [4.78, 5) is 12.4. The van der Waals surface area contributed by atoms with Crippen molar-refractivity contribution in [3.05, 3.63) is 59.1 Å². The van der Waals surface area contributed by atoms with Gasteiger partial charge in [0.05, 0.1) is 11.8 Å². The van der Waals surface area contributed by atoms with Crippen molar-refractivity contribution >= 4 is 33.0 Å². The van der Waals surface area contributed by atoms with E-state index >= 15 is 0 Å². The highest BCUT2D eigenvalue weighted by Crippen LogP contribution is 2.39. The molecule has 0 aliphatic heterocycles. The molecule has 0 spiro atoms. The van der Waals surface area contributed by atoms with Crippen LogP contribution < -0.4 is 14.9 Å². The Hall–Kier alpha value is -2.49. The summed E-state index contributed by atoms with van der Waals surface area (Å²) in [5, 5.41) is 0.791. The lowest BCUT2D eigenvalue weighted by atomic mass is 9.93. The van der Waals surface area contributed by atoms with Gasteiger partial charge in [0.25, 0.3) is 0 Å². The molecule has 1 fully saturated rings. The summed E-state index contributed by atoms with van der Waals surface area (Å²) >= 11 is 1.54. The number of anilines is 2. The zero-order valence-corrected chi connectivity index (χ0v) is 22.0. The third-order valence-corrected chi connectivity index (χ3v) is 9.03. The van der Waals surface area contributed by atoms with Gasteiger partial charge in [-0.05, 0) is 49.3 Å². The Labute approximate surface area is 206 Å². The molecule has 1 aliphatic carbocycles. The minimum absolute atomic E-state index is 0.377. The van der Waals surface area contributed by atoms with E-state index in [1.54, 1.807) is 6.07 Å². The number of hydrogen-bond donors (Lipinski definition) is 1. The molecule has 0 saturated heterocycles. The van der Waals surface area contributed by atoms with Crippen LogP contribution in [0.5, 0.6) is 0 Å². The van der Waals surface area contributed by atoms with E-state index < -0.39 is 15.6 Å². The SMILES string of the molecule is CC1CC1CN(C)c1cc(-c2ncc(C(C)(N)Cc3ccccc3)s2)cc(N(C)S(C)(=O)=O)n1. The zero-order chi connectivity index (χ0) is 24.7. The fourth-order valence-corrected chi connectivity index (χ4v) is 5.42. The summed E-state index contributed by atoms with van der Waals surface area (Å²) in [5.41, 5.74) is 8.14. The molecule has 3 atom stereocenters. The van der Waals surface area contributed by atoms with Crippen molar-refractivity contribution in [1.82, 2.24) is 9.97 Å². The van der Waals surface area contributed by atoms with Crippen LogP contribution in [0.25, 0.3) is 10.6 Å². The first kappa shape index (κ1) is 24.6. The van der Waals surface area contributed by atoms with Gasteiger partial charge in [-0.15, -0.1) is 11.3 Å². The third kappa shape index (κ3) is 5.59. The minimum atomic E-state index is -3.45. The van der Waals surface area contributed by atoms with E-state index in [2.05, 4.69) is 33.9 Å². The summed E-state index contributed by atoms with van der Waals surface area (Å²) in [6, 6.07) is 13.9. The van der Waals surface area contributed by atoms with Gasteiger partial charge in [-0.2, -0.15) is 0 Å². The van der Waals surface area contributed by atoms with Gasteiger partial charge in [-0.3, -0.25) is 4.31 Å². The summed E-state index contributed by atoms with van der Waals surface area (Å²) < 4.78 is 25.7. The van der Waals surface area contributed by atoms with E-state index in [1.165, 1.54) is 40.9 Å². The minimum Gasteiger partial charge on any atom is -0.359 e. The van der Waals surface area contributed by atoms with Gasteiger partial charge in [0.2, 0.25) is 10.0 Å². The fraction of sp³-hybridized carbons (Fsp3) is 0.440. The standard InChI is InChI=1S/C25H33N5O2S2/c1-17-11-20(17)16-29(3)22-12-19(13-23(28-22)30(4)34(5,31)32)24-27-15-21(33-24)25(2,26)14-18-9-7-6-8-10-18/h6-10,12-13,15,17,20H,11,14,16,26H2,1-5H3. The number of pyridine rings is 1. The van der Waals surface area contributed by atoms with E-state index in [-0.39, 0.29) is 0 Å². The van der Waals surface area contributed by atoms with E-state index in [4.69, 9.17) is 5.73 Å². The zero-order valence-electron chi connectivity index (χ0n) is 20.4. The van der Waals surface area contributed by atoms with Crippen molar-refractivity contribution in [2.24, 2.45) is 17.6 Å². The molecule has 1 aliphatic rings. The van der Waals surface area contributed by atoms with E-state index in [9.17, 15) is 8.42 Å². The van der Waals surface area contributed by atoms with E-state index in [0.29, 0.717) is 18.2 Å². The molecule has 2 heterocycles. The molecule has 2 aromatic heterocycles. The number of nitrogens with two attached hydrogens (primary N) is 1. The molecule has 182 valence electrons. The third-order valence-electron chi connectivity index (χ3n) is 6.52. The van der Waals surface area contributed by atoms with Crippen LogP contribution >= 0.6 is 11.3 Å². The van der Waals surface area contributed by atoms with Crippen LogP contribution in [0.4, 0.5) is 11.6 Å². The Morgan fingerprint density at radius 2 is 1.82 bits per heavy atom. The molecule has 9 heteroatoms. The maximum absolute atomic E-state index is 12.2. The molecule has 0 radical (unpaired) electrons. The van der Waals surface area contributed by atoms with Crippen molar-refractivity contribution in [3.63, 3.8) is 0 Å². The first-order chi connectivity index (χ1) is 15.9. The first-order valence-electron chi connectivity index (χ1n) is 11.4. The average molecular weight is 500 g/mol. The highest BCUT2D eigenvalue weighted by Gasteiger charge is 2.34. The van der Waals surface area contributed by atoms with E-state index in [1.807, 2.05) is 44.4 Å². The van der Waals surface area contributed by atoms with Crippen LogP contribution in [0.2, 0.25) is 0 Å². The van der Waals surface area contributed by atoms with Crippen LogP contribution in [0.1, 0.15) is 30.7 Å². The monoisotopic (exact) mass is 499 g/mol. The number of sulfonamides is 1. The summed E-state index contributed by atoms with van der Waals surface area (Å²) in [5.74, 6) is 2.48. The summed E-state index contributed by atoms with van der Waals surface area (Å²) in [6.07, 6.45) is 4.92. The number of benzene rings is 1. The quantitative estimate of drug-likeness (QED) is 0.476. The predicted octanol–water partition coefficient (Wildman–Crippen LogP) is 4.11. The Bertz CT molecular complexity index is 1260. The van der Waals surface area contributed by atoms with Crippen LogP contribution in [-0.2, 0) is 22.0 Å². The molecule has 0 amide bonds. The summed E-state index contributed by atoms with van der Waals surface area (Å²) in [7, 11) is 0.0774. The highest BCUT2D eigenvalue weighted by molar-refractivity contribution is 7.92. The Balaban J connectivity index is 1.67. The second kappa shape index (κ2) is 9.28. The molecule has 3 unspecified atom stereocenters. The molecular formula is C25H33N5O2S2. The van der Waals surface area contributed by atoms with Gasteiger partial charge in [0, 0.05) is 37.3 Å². The number of aromatic nitrogens is 2. The lowest BCUT2D eigenvalue weighted by molar-refractivity contribution is 0.501. The van der Waals surface area contributed by atoms with Crippen LogP contribution in [0.15, 0.2) is 48.7 Å². The number of thiazole rings is 1. The molecule has 0 bridgehead atoms. The van der Waals surface area contributed by atoms with Gasteiger partial charge < -0.3 is 10.6 Å². The molecule has 7 nitrogen and oxygen atoms in total. The van der Waals surface area contributed by atoms with Crippen molar-refractivity contribution < 1.29 is 8.42 Å². The average Bonchev–Trinajstić information content (AvgIpc) is 3.25. The maximum Gasteiger partial charge on any atom is 0.233 e. The molecule has 4 rings (SSSR count). The molecule has 2 N–H and O–H groups in total. The number of nitrogens with zero attached hydrogens (tertiary/aromatic N) is 4. The predicted molar refractivity (Wildman–Crippen MR) is 141 cm³/mol. The van der Waals surface area contributed by atoms with Crippen molar-refractivity contribution in [2.45, 2.75) is 32.2 Å². The summed E-state index contributed by atoms with van der Waals surface area (Å²) in [6.45, 7) is 5.16. The molecule has 1 saturated carbocycles. The fourth-order valence-electron chi connectivity index (χ4n) is 4.03. The van der Waals surface area contributed by atoms with Crippen LogP contribution in [0, 0.1) is 11.8 Å². The first-order valence-corrected chi connectivity index (χ1v) is 14.1. The second-order valence-electron chi connectivity index (χ2n) is 9.77. The van der Waals surface area contributed by atoms with Gasteiger partial charge in [-0.25, -0.2) is 18.4 Å². The number of hydrogen-bond acceptors (Lipinski definition) is 7. The largest absolute Gasteiger partial charge is 0.359 e. The topological polar surface area (TPSA) is 92.4 Å². The van der Waals surface area contributed by atoms with Crippen molar-refractivity contribution in [2.75, 3.05) is 36.1 Å². The van der Waals surface area contributed by atoms with Gasteiger partial charge in [-0.1, -0.05) is 37.3 Å². The molecule has 34 heavy (non-hydrogen) atoms. The van der Waals surface area contributed by atoms with Gasteiger partial charge >= 0.3 is 0 Å².